The monoisotopic (exact) mass is 630 g/mol. The molecule has 0 saturated carbocycles. The Hall–Kier alpha value is -2.92. The van der Waals surface area contributed by atoms with Gasteiger partial charge in [-0.15, -0.1) is 0 Å². The maximum absolute atomic E-state index is 12.5. The van der Waals surface area contributed by atoms with E-state index in [2.05, 4.69) is 82.7 Å². The van der Waals surface area contributed by atoms with E-state index in [1.807, 2.05) is 0 Å². The number of nitrogen functional groups attached to an aromatic ring is 1. The lowest BCUT2D eigenvalue weighted by Crippen LogP contribution is -2.52. The molecule has 1 unspecified atom stereocenters. The van der Waals surface area contributed by atoms with Crippen molar-refractivity contribution in [2.24, 2.45) is 0 Å². The van der Waals surface area contributed by atoms with Crippen molar-refractivity contribution in [2.75, 3.05) is 5.73 Å². The third-order valence-electron chi connectivity index (χ3n) is 9.36. The van der Waals surface area contributed by atoms with Crippen LogP contribution in [-0.2, 0) is 20.0 Å². The number of hydrogen-bond donors (Lipinski definition) is 2. The lowest BCUT2D eigenvalue weighted by atomic mass is 9.99. The molecule has 236 valence electrons. The van der Waals surface area contributed by atoms with Gasteiger partial charge in [-0.2, -0.15) is 4.98 Å². The average molecular weight is 631 g/mol. The van der Waals surface area contributed by atoms with Crippen molar-refractivity contribution in [3.05, 3.63) is 56.6 Å². The van der Waals surface area contributed by atoms with Gasteiger partial charge in [0.15, 0.2) is 27.8 Å². The summed E-state index contributed by atoms with van der Waals surface area (Å²) in [6.45, 7) is 21.7. The van der Waals surface area contributed by atoms with E-state index in [9.17, 15) is 14.9 Å². The molecule has 0 bridgehead atoms. The van der Waals surface area contributed by atoms with E-state index in [1.165, 1.54) is 12.4 Å². The Morgan fingerprint density at radius 1 is 1.14 bits per heavy atom. The Kier molecular flexibility index (Phi) is 8.85. The third-order valence-corrected chi connectivity index (χ3v) is 18.4. The van der Waals surface area contributed by atoms with E-state index in [0.29, 0.717) is 17.6 Å². The van der Waals surface area contributed by atoms with E-state index < -0.39 is 40.6 Å². The molecular weight excluding hydrogens is 585 g/mol. The zero-order chi connectivity index (χ0) is 32.1. The quantitative estimate of drug-likeness (QED) is 0.166. The van der Waals surface area contributed by atoms with Crippen LogP contribution in [0.15, 0.2) is 35.4 Å². The van der Waals surface area contributed by atoms with Crippen molar-refractivity contribution in [3.8, 4) is 0 Å². The van der Waals surface area contributed by atoms with Crippen molar-refractivity contribution in [1.29, 1.82) is 0 Å². The van der Waals surface area contributed by atoms with Crippen LogP contribution in [0, 0.1) is 10.1 Å². The van der Waals surface area contributed by atoms with E-state index in [4.69, 9.17) is 19.3 Å². The number of anilines is 1. The number of rotatable bonds is 9. The summed E-state index contributed by atoms with van der Waals surface area (Å²) in [5.41, 5.74) is 6.55. The summed E-state index contributed by atoms with van der Waals surface area (Å²) >= 11 is 0. The molecule has 0 radical (unpaired) electrons. The molecular formula is C29H46N6O6Si2. The Morgan fingerprint density at radius 3 is 2.37 bits per heavy atom. The molecule has 3 heterocycles. The highest BCUT2D eigenvalue weighted by Gasteiger charge is 2.50. The number of H-pyrrole nitrogens is 1. The van der Waals surface area contributed by atoms with E-state index in [1.54, 1.807) is 22.8 Å². The third kappa shape index (κ3) is 6.77. The van der Waals surface area contributed by atoms with E-state index >= 15 is 0 Å². The number of nitro groups is 1. The van der Waals surface area contributed by atoms with Crippen LogP contribution in [0.4, 0.5) is 11.6 Å². The van der Waals surface area contributed by atoms with Crippen LogP contribution < -0.4 is 11.3 Å². The second-order valence-electron chi connectivity index (χ2n) is 14.5. The first-order chi connectivity index (χ1) is 19.7. The summed E-state index contributed by atoms with van der Waals surface area (Å²) in [5.74, 6) is -0.0154. The number of para-hydroxylation sites is 1. The fraction of sp³-hybridized carbons (Fsp3) is 0.621. The van der Waals surface area contributed by atoms with Crippen LogP contribution in [0.5, 0.6) is 0 Å². The van der Waals surface area contributed by atoms with E-state index in [-0.39, 0.29) is 44.7 Å². The van der Waals surface area contributed by atoms with Crippen molar-refractivity contribution >= 4 is 39.4 Å². The van der Waals surface area contributed by atoms with Gasteiger partial charge < -0.3 is 19.3 Å². The summed E-state index contributed by atoms with van der Waals surface area (Å²) in [7, 11) is -4.70. The molecule has 0 aliphatic carbocycles. The maximum atomic E-state index is 12.5. The van der Waals surface area contributed by atoms with Crippen LogP contribution in [0.2, 0.25) is 36.3 Å². The first kappa shape index (κ1) is 33.0. The highest BCUT2D eigenvalue weighted by Crippen LogP contribution is 2.45. The van der Waals surface area contributed by atoms with Gasteiger partial charge in [0.25, 0.3) is 11.2 Å². The Labute approximate surface area is 254 Å². The molecule has 3 N–H and O–H groups in total. The molecule has 4 atom stereocenters. The van der Waals surface area contributed by atoms with Gasteiger partial charge in [0.2, 0.25) is 5.95 Å². The largest absolute Gasteiger partial charge is 0.411 e. The summed E-state index contributed by atoms with van der Waals surface area (Å²) < 4.78 is 22.6. The van der Waals surface area contributed by atoms with Crippen molar-refractivity contribution < 1.29 is 18.5 Å². The van der Waals surface area contributed by atoms with Crippen LogP contribution in [0.3, 0.4) is 0 Å². The number of nitro benzene ring substituents is 1. The first-order valence-electron chi connectivity index (χ1n) is 14.7. The molecule has 4 rings (SSSR count). The SMILES string of the molecule is CC(C)(C)[Si](C)(C)OC(Cc1ccccc1[N+](=O)[O-])[C@H]1O[C@@H](n2cnc3c(=O)[nH]c(N)nc32)C[C@@H]1O[Si](C)(C)C(C)(C)C. The summed E-state index contributed by atoms with van der Waals surface area (Å²) in [6, 6.07) is 6.77. The van der Waals surface area contributed by atoms with Gasteiger partial charge in [0.05, 0.1) is 23.5 Å². The predicted molar refractivity (Wildman–Crippen MR) is 172 cm³/mol. The number of hydrogen-bond acceptors (Lipinski definition) is 9. The predicted octanol–water partition coefficient (Wildman–Crippen LogP) is 5.92. The van der Waals surface area contributed by atoms with E-state index in [0.717, 1.165) is 0 Å². The summed E-state index contributed by atoms with van der Waals surface area (Å²) in [6.07, 6.45) is 0.186. The summed E-state index contributed by atoms with van der Waals surface area (Å²) in [4.78, 5) is 35.3. The Morgan fingerprint density at radius 2 is 1.77 bits per heavy atom. The van der Waals surface area contributed by atoms with Crippen LogP contribution in [-0.4, -0.2) is 59.4 Å². The van der Waals surface area contributed by atoms with Gasteiger partial charge in [-0.25, -0.2) is 4.98 Å². The molecule has 12 nitrogen and oxygen atoms in total. The number of benzene rings is 1. The topological polar surface area (TPSA) is 160 Å². The highest BCUT2D eigenvalue weighted by atomic mass is 28.4. The zero-order valence-corrected chi connectivity index (χ0v) is 28.9. The number of imidazole rings is 1. The fourth-order valence-corrected chi connectivity index (χ4v) is 7.51. The van der Waals surface area contributed by atoms with Crippen LogP contribution in [0.25, 0.3) is 11.2 Å². The van der Waals surface area contributed by atoms with Crippen molar-refractivity contribution in [2.45, 2.75) is 115 Å². The van der Waals surface area contributed by atoms with Crippen LogP contribution in [0.1, 0.15) is 59.8 Å². The first-order valence-corrected chi connectivity index (χ1v) is 20.5. The smallest absolute Gasteiger partial charge is 0.280 e. The molecule has 0 amide bonds. The highest BCUT2D eigenvalue weighted by molar-refractivity contribution is 6.74. The number of fused-ring (bicyclic) bond motifs is 1. The lowest BCUT2D eigenvalue weighted by Gasteiger charge is -2.43. The molecule has 3 aromatic rings. The van der Waals surface area contributed by atoms with Gasteiger partial charge in [-0.1, -0.05) is 59.7 Å². The van der Waals surface area contributed by atoms with Gasteiger partial charge >= 0.3 is 0 Å². The number of nitrogens with one attached hydrogen (secondary N) is 1. The number of aromatic nitrogens is 4. The van der Waals surface area contributed by atoms with Gasteiger partial charge in [-0.3, -0.25) is 24.5 Å². The molecule has 0 spiro atoms. The number of nitrogens with zero attached hydrogens (tertiary/aromatic N) is 4. The minimum absolute atomic E-state index is 0.0154. The zero-order valence-electron chi connectivity index (χ0n) is 26.9. The Balaban J connectivity index is 1.82. The molecule has 43 heavy (non-hydrogen) atoms. The van der Waals surface area contributed by atoms with Gasteiger partial charge in [0.1, 0.15) is 12.3 Å². The second kappa shape index (κ2) is 11.5. The van der Waals surface area contributed by atoms with Crippen molar-refractivity contribution in [1.82, 2.24) is 19.5 Å². The standard InChI is InChI=1S/C29H46N6O6Si2/c1-28(2,3)42(7,8)40-20(15-18-13-11-12-14-19(18)35(37)38)24-21(41-43(9,10)29(4,5)6)16-22(39-24)34-17-31-23-25(34)32-27(30)33-26(23)36/h11-14,17,20-22,24H,15-16H2,1-10H3,(H3,30,32,33,36)/t20?,21-,22+,24+/m0/s1. The molecule has 1 fully saturated rings. The molecule has 1 aliphatic rings. The molecule has 1 saturated heterocycles. The number of aromatic amines is 1. The molecule has 1 aliphatic heterocycles. The van der Waals surface area contributed by atoms with Crippen molar-refractivity contribution in [3.63, 3.8) is 0 Å². The average Bonchev–Trinajstić information content (AvgIpc) is 3.46. The maximum Gasteiger partial charge on any atom is 0.280 e. The van der Waals surface area contributed by atoms with Crippen LogP contribution >= 0.6 is 0 Å². The van der Waals surface area contributed by atoms with Gasteiger partial charge in [-0.05, 0) is 36.3 Å². The minimum Gasteiger partial charge on any atom is -0.411 e. The fourth-order valence-electron chi connectivity index (χ4n) is 4.85. The molecule has 1 aromatic carbocycles. The molecule has 2 aromatic heterocycles. The Bertz CT molecular complexity index is 1540. The minimum atomic E-state index is -2.39. The lowest BCUT2D eigenvalue weighted by molar-refractivity contribution is -0.385. The second-order valence-corrected chi connectivity index (χ2v) is 24.0. The molecule has 14 heteroatoms. The normalized spacial score (nSPS) is 20.9. The number of ether oxygens (including phenoxy) is 1. The number of nitrogens with two attached hydrogens (primary N) is 1. The summed E-state index contributed by atoms with van der Waals surface area (Å²) in [5, 5.41) is 11.8. The van der Waals surface area contributed by atoms with Gasteiger partial charge in [0, 0.05) is 24.5 Å².